The Morgan fingerprint density at radius 3 is 2.29 bits per heavy atom. The number of hydrogen-bond acceptors (Lipinski definition) is 2. The lowest BCUT2D eigenvalue weighted by Gasteiger charge is -2.16. The molecule has 0 aromatic carbocycles. The Balaban J connectivity index is 3.59. The Hall–Kier alpha value is -0.570. The standard InChI is InChI=1S/C11H25N3/c1-5-14(6-2)9-7-8-13-11(12)10(3)4/h10H,5-9H2,1-4H3,(H2,12,13). The number of amidine groups is 1. The van der Waals surface area contributed by atoms with E-state index in [1.165, 1.54) is 0 Å². The molecule has 0 saturated carbocycles. The number of rotatable bonds is 7. The molecular weight excluding hydrogens is 174 g/mol. The molecule has 0 bridgehead atoms. The minimum atomic E-state index is 0.378. The van der Waals surface area contributed by atoms with Crippen molar-refractivity contribution in [2.75, 3.05) is 26.2 Å². The van der Waals surface area contributed by atoms with Gasteiger partial charge in [0.1, 0.15) is 0 Å². The normalized spacial score (nSPS) is 12.9. The monoisotopic (exact) mass is 199 g/mol. The molecule has 0 atom stereocenters. The maximum Gasteiger partial charge on any atom is 0.0962 e. The van der Waals surface area contributed by atoms with E-state index in [9.17, 15) is 0 Å². The molecule has 0 aromatic heterocycles. The fraction of sp³-hybridized carbons (Fsp3) is 0.909. The summed E-state index contributed by atoms with van der Waals surface area (Å²) < 4.78 is 0. The van der Waals surface area contributed by atoms with E-state index in [0.717, 1.165) is 38.4 Å². The van der Waals surface area contributed by atoms with Gasteiger partial charge in [-0.2, -0.15) is 0 Å². The third-order valence-corrected chi connectivity index (χ3v) is 2.41. The van der Waals surface area contributed by atoms with Crippen LogP contribution in [-0.2, 0) is 0 Å². The van der Waals surface area contributed by atoms with Crippen LogP contribution in [-0.4, -0.2) is 36.9 Å². The van der Waals surface area contributed by atoms with Crippen LogP contribution >= 0.6 is 0 Å². The maximum atomic E-state index is 5.73. The van der Waals surface area contributed by atoms with Crippen LogP contribution in [0.2, 0.25) is 0 Å². The largest absolute Gasteiger partial charge is 0.387 e. The molecular formula is C11H25N3. The van der Waals surface area contributed by atoms with Crippen molar-refractivity contribution in [1.29, 1.82) is 0 Å². The van der Waals surface area contributed by atoms with E-state index in [0.29, 0.717) is 5.92 Å². The second-order valence-electron chi connectivity index (χ2n) is 3.84. The number of hydrogen-bond donors (Lipinski definition) is 1. The van der Waals surface area contributed by atoms with Crippen LogP contribution in [0.15, 0.2) is 4.99 Å². The van der Waals surface area contributed by atoms with Crippen LogP contribution < -0.4 is 5.73 Å². The lowest BCUT2D eigenvalue weighted by Crippen LogP contribution is -2.25. The van der Waals surface area contributed by atoms with E-state index >= 15 is 0 Å². The molecule has 0 rings (SSSR count). The summed E-state index contributed by atoms with van der Waals surface area (Å²) >= 11 is 0. The van der Waals surface area contributed by atoms with Gasteiger partial charge in [-0.25, -0.2) is 0 Å². The van der Waals surface area contributed by atoms with Crippen molar-refractivity contribution >= 4 is 5.84 Å². The van der Waals surface area contributed by atoms with Gasteiger partial charge in [0, 0.05) is 12.5 Å². The zero-order valence-electron chi connectivity index (χ0n) is 10.1. The fourth-order valence-corrected chi connectivity index (χ4v) is 1.22. The van der Waals surface area contributed by atoms with Crippen LogP contribution in [0.3, 0.4) is 0 Å². The van der Waals surface area contributed by atoms with E-state index < -0.39 is 0 Å². The smallest absolute Gasteiger partial charge is 0.0962 e. The molecule has 0 unspecified atom stereocenters. The zero-order valence-corrected chi connectivity index (χ0v) is 10.1. The lowest BCUT2D eigenvalue weighted by molar-refractivity contribution is 0.302. The highest BCUT2D eigenvalue weighted by Crippen LogP contribution is 1.94. The van der Waals surface area contributed by atoms with E-state index in [1.807, 2.05) is 0 Å². The van der Waals surface area contributed by atoms with Crippen molar-refractivity contribution < 1.29 is 0 Å². The van der Waals surface area contributed by atoms with Crippen molar-refractivity contribution in [1.82, 2.24) is 4.90 Å². The third kappa shape index (κ3) is 5.97. The predicted molar refractivity (Wildman–Crippen MR) is 63.7 cm³/mol. The van der Waals surface area contributed by atoms with Crippen LogP contribution in [0.1, 0.15) is 34.1 Å². The summed E-state index contributed by atoms with van der Waals surface area (Å²) in [7, 11) is 0. The van der Waals surface area contributed by atoms with Crippen LogP contribution in [0.4, 0.5) is 0 Å². The average Bonchev–Trinajstić information content (AvgIpc) is 2.17. The highest BCUT2D eigenvalue weighted by atomic mass is 15.1. The first-order valence-electron chi connectivity index (χ1n) is 5.63. The van der Waals surface area contributed by atoms with Crippen molar-refractivity contribution in [3.63, 3.8) is 0 Å². The number of aliphatic imine (C=N–C) groups is 1. The van der Waals surface area contributed by atoms with Crippen molar-refractivity contribution in [2.45, 2.75) is 34.1 Å². The van der Waals surface area contributed by atoms with Gasteiger partial charge < -0.3 is 10.6 Å². The summed E-state index contributed by atoms with van der Waals surface area (Å²) in [4.78, 5) is 6.74. The van der Waals surface area contributed by atoms with Crippen molar-refractivity contribution in [3.05, 3.63) is 0 Å². The summed E-state index contributed by atoms with van der Waals surface area (Å²) in [6, 6.07) is 0. The highest BCUT2D eigenvalue weighted by Gasteiger charge is 1.99. The summed E-state index contributed by atoms with van der Waals surface area (Å²) in [6.45, 7) is 12.8. The van der Waals surface area contributed by atoms with E-state index in [4.69, 9.17) is 5.73 Å². The first-order valence-corrected chi connectivity index (χ1v) is 5.63. The van der Waals surface area contributed by atoms with E-state index in [-0.39, 0.29) is 0 Å². The van der Waals surface area contributed by atoms with Gasteiger partial charge in [0.2, 0.25) is 0 Å². The molecule has 84 valence electrons. The zero-order chi connectivity index (χ0) is 11.0. The molecule has 0 fully saturated rings. The first kappa shape index (κ1) is 13.4. The lowest BCUT2D eigenvalue weighted by atomic mass is 10.2. The van der Waals surface area contributed by atoms with Gasteiger partial charge >= 0.3 is 0 Å². The summed E-state index contributed by atoms with van der Waals surface area (Å²) in [5, 5.41) is 0. The topological polar surface area (TPSA) is 41.6 Å². The number of nitrogens with two attached hydrogens (primary N) is 1. The molecule has 14 heavy (non-hydrogen) atoms. The molecule has 0 aromatic rings. The van der Waals surface area contributed by atoms with Gasteiger partial charge in [-0.15, -0.1) is 0 Å². The molecule has 0 heterocycles. The Bertz CT molecular complexity index is 160. The number of nitrogens with zero attached hydrogens (tertiary/aromatic N) is 2. The summed E-state index contributed by atoms with van der Waals surface area (Å²) in [5.41, 5.74) is 5.73. The minimum absolute atomic E-state index is 0.378. The van der Waals surface area contributed by atoms with E-state index in [2.05, 4.69) is 37.6 Å². The van der Waals surface area contributed by atoms with Crippen LogP contribution in [0.5, 0.6) is 0 Å². The highest BCUT2D eigenvalue weighted by molar-refractivity contribution is 5.82. The quantitative estimate of drug-likeness (QED) is 0.385. The first-order chi connectivity index (χ1) is 6.61. The van der Waals surface area contributed by atoms with Gasteiger partial charge in [-0.3, -0.25) is 4.99 Å². The minimum Gasteiger partial charge on any atom is -0.387 e. The van der Waals surface area contributed by atoms with Gasteiger partial charge in [-0.05, 0) is 26.1 Å². The molecule has 0 saturated heterocycles. The van der Waals surface area contributed by atoms with Crippen molar-refractivity contribution in [3.8, 4) is 0 Å². The Labute approximate surface area is 88.4 Å². The molecule has 2 N–H and O–H groups in total. The second-order valence-corrected chi connectivity index (χ2v) is 3.84. The molecule has 0 amide bonds. The molecule has 0 aliphatic carbocycles. The molecule has 0 spiro atoms. The van der Waals surface area contributed by atoms with Crippen molar-refractivity contribution in [2.24, 2.45) is 16.6 Å². The molecule has 3 heteroatoms. The Morgan fingerprint density at radius 2 is 1.86 bits per heavy atom. The van der Waals surface area contributed by atoms with Crippen LogP contribution in [0, 0.1) is 5.92 Å². The maximum absolute atomic E-state index is 5.73. The second kappa shape index (κ2) is 7.80. The van der Waals surface area contributed by atoms with Gasteiger partial charge in [0.15, 0.2) is 0 Å². The van der Waals surface area contributed by atoms with Crippen LogP contribution in [0.25, 0.3) is 0 Å². The molecule has 0 radical (unpaired) electrons. The third-order valence-electron chi connectivity index (χ3n) is 2.41. The summed E-state index contributed by atoms with van der Waals surface area (Å²) in [5.74, 6) is 1.16. The van der Waals surface area contributed by atoms with Gasteiger partial charge in [0.05, 0.1) is 5.84 Å². The predicted octanol–water partition coefficient (Wildman–Crippen LogP) is 1.73. The van der Waals surface area contributed by atoms with Gasteiger partial charge in [0.25, 0.3) is 0 Å². The molecule has 0 aliphatic heterocycles. The molecule has 3 nitrogen and oxygen atoms in total. The SMILES string of the molecule is CCN(CC)CCCN=C(N)C(C)C. The Kier molecular flexibility index (Phi) is 7.48. The van der Waals surface area contributed by atoms with Gasteiger partial charge in [-0.1, -0.05) is 27.7 Å². The average molecular weight is 199 g/mol. The Morgan fingerprint density at radius 1 is 1.29 bits per heavy atom. The van der Waals surface area contributed by atoms with E-state index in [1.54, 1.807) is 0 Å². The summed E-state index contributed by atoms with van der Waals surface area (Å²) in [6.07, 6.45) is 1.11. The fourth-order valence-electron chi connectivity index (χ4n) is 1.22. The molecule has 0 aliphatic rings.